The fraction of sp³-hybridized carbons (Fsp3) is 0.278. The number of fused-ring (bicyclic) bond motifs is 1. The van der Waals surface area contributed by atoms with Gasteiger partial charge in [-0.25, -0.2) is 0 Å². The second-order valence-corrected chi connectivity index (χ2v) is 5.80. The second kappa shape index (κ2) is 6.78. The van der Waals surface area contributed by atoms with E-state index in [9.17, 15) is 23.1 Å². The molecule has 0 bridgehead atoms. The zero-order valence-electron chi connectivity index (χ0n) is 13.9. The number of carbonyl (C=O) groups is 1. The summed E-state index contributed by atoms with van der Waals surface area (Å²) in [4.78, 5) is 13.4. The molecule has 0 spiro atoms. The minimum Gasteiger partial charge on any atom is -0.504 e. The van der Waals surface area contributed by atoms with E-state index in [-0.39, 0.29) is 23.7 Å². The molecular formula is C18H17F3N2O3. The summed E-state index contributed by atoms with van der Waals surface area (Å²) in [5.74, 6) is -0.696. The Morgan fingerprint density at radius 2 is 1.96 bits per heavy atom. The van der Waals surface area contributed by atoms with Crippen molar-refractivity contribution in [2.24, 2.45) is 0 Å². The molecule has 0 aliphatic carbocycles. The molecular weight excluding hydrogens is 349 g/mol. The maximum Gasteiger partial charge on any atom is 0.406 e. The predicted octanol–water partition coefficient (Wildman–Crippen LogP) is 3.92. The SMILES string of the molecule is CCOc1cc([C@@H]2Nc3ccccc3C(=O)N2CC(F)(F)F)ccc1O. The Bertz CT molecular complexity index is 824. The lowest BCUT2D eigenvalue weighted by Crippen LogP contribution is -2.47. The molecule has 1 heterocycles. The van der Waals surface area contributed by atoms with Crippen molar-refractivity contribution in [1.29, 1.82) is 0 Å². The number of phenolic OH excluding ortho intramolecular Hbond substituents is 1. The minimum absolute atomic E-state index is 0.125. The van der Waals surface area contributed by atoms with Crippen LogP contribution in [0.1, 0.15) is 29.0 Å². The monoisotopic (exact) mass is 366 g/mol. The van der Waals surface area contributed by atoms with Gasteiger partial charge in [0, 0.05) is 5.69 Å². The summed E-state index contributed by atoms with van der Waals surface area (Å²) in [6.45, 7) is 0.604. The van der Waals surface area contributed by atoms with Gasteiger partial charge in [-0.1, -0.05) is 18.2 Å². The van der Waals surface area contributed by atoms with Gasteiger partial charge in [-0.05, 0) is 36.8 Å². The number of para-hydroxylation sites is 1. The van der Waals surface area contributed by atoms with Crippen molar-refractivity contribution < 1.29 is 27.8 Å². The van der Waals surface area contributed by atoms with Crippen LogP contribution in [-0.4, -0.2) is 35.2 Å². The molecule has 2 aromatic carbocycles. The molecule has 8 heteroatoms. The number of halogens is 3. The maximum absolute atomic E-state index is 13.1. The number of benzene rings is 2. The minimum atomic E-state index is -4.55. The number of nitrogens with one attached hydrogen (secondary N) is 1. The summed E-state index contributed by atoms with van der Waals surface area (Å²) in [6.07, 6.45) is -5.60. The number of carbonyl (C=O) groups excluding carboxylic acids is 1. The van der Waals surface area contributed by atoms with E-state index >= 15 is 0 Å². The van der Waals surface area contributed by atoms with Gasteiger partial charge in [0.05, 0.1) is 12.2 Å². The zero-order valence-corrected chi connectivity index (χ0v) is 13.9. The van der Waals surface area contributed by atoms with Crippen molar-refractivity contribution in [3.05, 3.63) is 53.6 Å². The van der Waals surface area contributed by atoms with Crippen LogP contribution in [0.2, 0.25) is 0 Å². The van der Waals surface area contributed by atoms with Gasteiger partial charge < -0.3 is 20.1 Å². The number of nitrogens with zero attached hydrogens (tertiary/aromatic N) is 1. The number of anilines is 1. The third kappa shape index (κ3) is 3.54. The topological polar surface area (TPSA) is 61.8 Å². The van der Waals surface area contributed by atoms with Crippen molar-refractivity contribution in [3.63, 3.8) is 0 Å². The van der Waals surface area contributed by atoms with Crippen LogP contribution in [0.4, 0.5) is 18.9 Å². The molecule has 1 aliphatic rings. The van der Waals surface area contributed by atoms with Gasteiger partial charge in [0.1, 0.15) is 12.7 Å². The first-order valence-electron chi connectivity index (χ1n) is 7.99. The van der Waals surface area contributed by atoms with Gasteiger partial charge in [-0.15, -0.1) is 0 Å². The molecule has 0 radical (unpaired) electrons. The molecule has 138 valence electrons. The molecule has 2 N–H and O–H groups in total. The molecule has 5 nitrogen and oxygen atoms in total. The van der Waals surface area contributed by atoms with E-state index in [4.69, 9.17) is 4.74 Å². The first-order chi connectivity index (χ1) is 12.3. The summed E-state index contributed by atoms with van der Waals surface area (Å²) < 4.78 is 44.5. The Hall–Kier alpha value is -2.90. The first kappa shape index (κ1) is 17.9. The summed E-state index contributed by atoms with van der Waals surface area (Å²) >= 11 is 0. The quantitative estimate of drug-likeness (QED) is 0.861. The van der Waals surface area contributed by atoms with E-state index in [0.717, 1.165) is 4.90 Å². The Morgan fingerprint density at radius 1 is 1.23 bits per heavy atom. The summed E-state index contributed by atoms with van der Waals surface area (Å²) in [6, 6.07) is 10.6. The van der Waals surface area contributed by atoms with E-state index in [1.807, 2.05) is 0 Å². The highest BCUT2D eigenvalue weighted by molar-refractivity contribution is 6.01. The first-order valence-corrected chi connectivity index (χ1v) is 7.99. The molecule has 0 saturated carbocycles. The van der Waals surface area contributed by atoms with Gasteiger partial charge >= 0.3 is 6.18 Å². The number of hydrogen-bond donors (Lipinski definition) is 2. The number of phenols is 1. The standard InChI is InChI=1S/C18H17F3N2O3/c1-2-26-15-9-11(7-8-14(15)24)16-22-13-6-4-3-5-12(13)17(25)23(16)10-18(19,20)21/h3-9,16,22,24H,2,10H2,1H3/t16-/m1/s1. The van der Waals surface area contributed by atoms with Crippen molar-refractivity contribution in [3.8, 4) is 11.5 Å². The van der Waals surface area contributed by atoms with E-state index < -0.39 is 24.8 Å². The number of rotatable bonds is 4. The van der Waals surface area contributed by atoms with Gasteiger partial charge in [0.2, 0.25) is 0 Å². The third-order valence-electron chi connectivity index (χ3n) is 3.97. The molecule has 0 unspecified atom stereocenters. The van der Waals surface area contributed by atoms with Gasteiger partial charge in [-0.3, -0.25) is 4.79 Å². The van der Waals surface area contributed by atoms with Crippen LogP contribution in [-0.2, 0) is 0 Å². The average molecular weight is 366 g/mol. The van der Waals surface area contributed by atoms with E-state index in [2.05, 4.69) is 5.32 Å². The number of alkyl halides is 3. The average Bonchev–Trinajstić information content (AvgIpc) is 2.58. The largest absolute Gasteiger partial charge is 0.504 e. The molecule has 2 aromatic rings. The Labute approximate surface area is 148 Å². The highest BCUT2D eigenvalue weighted by atomic mass is 19.4. The van der Waals surface area contributed by atoms with Crippen LogP contribution < -0.4 is 10.1 Å². The number of amides is 1. The highest BCUT2D eigenvalue weighted by Gasteiger charge is 2.40. The maximum atomic E-state index is 13.1. The van der Waals surface area contributed by atoms with Crippen LogP contribution in [0, 0.1) is 0 Å². The number of hydrogen-bond acceptors (Lipinski definition) is 4. The Kier molecular flexibility index (Phi) is 4.67. The highest BCUT2D eigenvalue weighted by Crippen LogP contribution is 2.37. The van der Waals surface area contributed by atoms with Crippen LogP contribution in [0.5, 0.6) is 11.5 Å². The molecule has 26 heavy (non-hydrogen) atoms. The predicted molar refractivity (Wildman–Crippen MR) is 89.2 cm³/mol. The molecule has 0 fully saturated rings. The van der Waals surface area contributed by atoms with E-state index in [1.54, 1.807) is 25.1 Å². The molecule has 1 atom stereocenters. The zero-order chi connectivity index (χ0) is 18.9. The van der Waals surface area contributed by atoms with Crippen molar-refractivity contribution in [2.75, 3.05) is 18.5 Å². The van der Waals surface area contributed by atoms with Gasteiger partial charge in [0.25, 0.3) is 5.91 Å². The van der Waals surface area contributed by atoms with Crippen molar-refractivity contribution >= 4 is 11.6 Å². The molecule has 3 rings (SSSR count). The lowest BCUT2D eigenvalue weighted by atomic mass is 10.0. The van der Waals surface area contributed by atoms with Crippen LogP contribution in [0.25, 0.3) is 0 Å². The van der Waals surface area contributed by atoms with Gasteiger partial charge in [-0.2, -0.15) is 13.2 Å². The van der Waals surface area contributed by atoms with Crippen LogP contribution >= 0.6 is 0 Å². The fourth-order valence-electron chi connectivity index (χ4n) is 2.88. The van der Waals surface area contributed by atoms with Crippen LogP contribution in [0.15, 0.2) is 42.5 Å². The van der Waals surface area contributed by atoms with Crippen LogP contribution in [0.3, 0.4) is 0 Å². The summed E-state index contributed by atoms with van der Waals surface area (Å²) in [7, 11) is 0. The van der Waals surface area contributed by atoms with E-state index in [0.29, 0.717) is 11.3 Å². The smallest absolute Gasteiger partial charge is 0.406 e. The number of ether oxygens (including phenoxy) is 1. The molecule has 0 aromatic heterocycles. The second-order valence-electron chi connectivity index (χ2n) is 5.80. The molecule has 1 aliphatic heterocycles. The van der Waals surface area contributed by atoms with Crippen molar-refractivity contribution in [1.82, 2.24) is 4.90 Å². The lowest BCUT2D eigenvalue weighted by molar-refractivity contribution is -0.144. The fourth-order valence-corrected chi connectivity index (χ4v) is 2.88. The van der Waals surface area contributed by atoms with E-state index in [1.165, 1.54) is 24.3 Å². The summed E-state index contributed by atoms with van der Waals surface area (Å²) in [5, 5.41) is 12.8. The molecule has 0 saturated heterocycles. The lowest BCUT2D eigenvalue weighted by Gasteiger charge is -2.38. The summed E-state index contributed by atoms with van der Waals surface area (Å²) in [5.41, 5.74) is 1.00. The Balaban J connectivity index is 2.05. The van der Waals surface area contributed by atoms with Gasteiger partial charge in [0.15, 0.2) is 11.5 Å². The van der Waals surface area contributed by atoms with Crippen molar-refractivity contribution in [2.45, 2.75) is 19.3 Å². The number of aromatic hydroxyl groups is 1. The normalized spacial score (nSPS) is 16.8. The molecule has 1 amide bonds. The third-order valence-corrected chi connectivity index (χ3v) is 3.97. The Morgan fingerprint density at radius 3 is 2.65 bits per heavy atom.